The highest BCUT2D eigenvalue weighted by atomic mass is 16.3. The van der Waals surface area contributed by atoms with Gasteiger partial charge in [0.05, 0.1) is 35.3 Å². The first-order valence-corrected chi connectivity index (χ1v) is 9.13. The van der Waals surface area contributed by atoms with E-state index in [1.807, 2.05) is 25.2 Å². The zero-order valence-corrected chi connectivity index (χ0v) is 15.2. The summed E-state index contributed by atoms with van der Waals surface area (Å²) in [5.74, 6) is 0.775. The first kappa shape index (κ1) is 17.6. The average Bonchev–Trinajstić information content (AvgIpc) is 3.00. The molecule has 0 bridgehead atoms. The van der Waals surface area contributed by atoms with E-state index in [0.29, 0.717) is 25.1 Å². The number of aliphatic hydroxyl groups excluding tert-OH is 1. The maximum absolute atomic E-state index is 12.3. The number of aliphatic hydroxyl groups is 1. The molecule has 2 N–H and O–H groups in total. The fourth-order valence-corrected chi connectivity index (χ4v) is 3.59. The van der Waals surface area contributed by atoms with Gasteiger partial charge < -0.3 is 15.0 Å². The summed E-state index contributed by atoms with van der Waals surface area (Å²) in [5.41, 5.74) is 2.59. The van der Waals surface area contributed by atoms with Gasteiger partial charge in [0.1, 0.15) is 5.82 Å². The summed E-state index contributed by atoms with van der Waals surface area (Å²) in [7, 11) is 2.02. The van der Waals surface area contributed by atoms with Crippen molar-refractivity contribution in [1.82, 2.24) is 24.8 Å². The van der Waals surface area contributed by atoms with E-state index < -0.39 is 6.10 Å². The Bertz CT molecular complexity index is 940. The van der Waals surface area contributed by atoms with Gasteiger partial charge in [-0.1, -0.05) is 12.1 Å². The molecule has 0 spiro atoms. The molecule has 7 heteroatoms. The summed E-state index contributed by atoms with van der Waals surface area (Å²) < 4.78 is 2.10. The highest BCUT2D eigenvalue weighted by Gasteiger charge is 2.29. The minimum absolute atomic E-state index is 0.198. The largest absolute Gasteiger partial charge is 0.390 e. The van der Waals surface area contributed by atoms with Gasteiger partial charge in [-0.05, 0) is 30.7 Å². The quantitative estimate of drug-likeness (QED) is 0.729. The normalized spacial score (nSPS) is 20.7. The average molecular weight is 365 g/mol. The molecule has 1 aromatic carbocycles. The molecule has 1 saturated heterocycles. The van der Waals surface area contributed by atoms with Crippen molar-refractivity contribution < 1.29 is 9.90 Å². The van der Waals surface area contributed by atoms with E-state index in [-0.39, 0.29) is 11.9 Å². The van der Waals surface area contributed by atoms with Crippen molar-refractivity contribution in [1.29, 1.82) is 0 Å². The number of nitrogens with zero attached hydrogens (tertiary/aromatic N) is 4. The Hall–Kier alpha value is -2.77. The second-order valence-electron chi connectivity index (χ2n) is 6.99. The predicted molar refractivity (Wildman–Crippen MR) is 102 cm³/mol. The van der Waals surface area contributed by atoms with Gasteiger partial charge in [0, 0.05) is 32.5 Å². The number of benzene rings is 1. The Morgan fingerprint density at radius 3 is 2.89 bits per heavy atom. The zero-order chi connectivity index (χ0) is 18.8. The number of imidazole rings is 1. The summed E-state index contributed by atoms with van der Waals surface area (Å²) in [5, 5.41) is 13.4. The van der Waals surface area contributed by atoms with E-state index in [1.165, 1.54) is 6.20 Å². The van der Waals surface area contributed by atoms with E-state index in [4.69, 9.17) is 4.98 Å². The van der Waals surface area contributed by atoms with E-state index in [1.54, 1.807) is 18.3 Å². The van der Waals surface area contributed by atoms with Gasteiger partial charge in [-0.15, -0.1) is 0 Å². The SMILES string of the molecule is Cn1c(CN2CC[C@H](NC(=O)c3cccnc3)[C@@H](O)C2)nc2ccccc21. The molecular weight excluding hydrogens is 342 g/mol. The van der Waals surface area contributed by atoms with Crippen LogP contribution in [0.5, 0.6) is 0 Å². The lowest BCUT2D eigenvalue weighted by Crippen LogP contribution is -2.53. The third-order valence-corrected chi connectivity index (χ3v) is 5.15. The molecule has 3 heterocycles. The van der Waals surface area contributed by atoms with Gasteiger partial charge in [-0.3, -0.25) is 14.7 Å². The molecule has 2 aromatic heterocycles. The third-order valence-electron chi connectivity index (χ3n) is 5.15. The lowest BCUT2D eigenvalue weighted by Gasteiger charge is -2.36. The standard InChI is InChI=1S/C20H23N5O2/c1-24-17-7-3-2-6-15(17)22-19(24)13-25-10-8-16(18(26)12-25)23-20(27)14-5-4-9-21-11-14/h2-7,9,11,16,18,26H,8,10,12-13H2,1H3,(H,23,27)/t16-,18-/m0/s1. The van der Waals surface area contributed by atoms with Gasteiger partial charge in [0.25, 0.3) is 5.91 Å². The molecule has 0 aliphatic carbocycles. The van der Waals surface area contributed by atoms with Crippen molar-refractivity contribution >= 4 is 16.9 Å². The monoisotopic (exact) mass is 365 g/mol. The van der Waals surface area contributed by atoms with Crippen molar-refractivity contribution in [3.05, 3.63) is 60.2 Å². The number of piperidine rings is 1. The fourth-order valence-electron chi connectivity index (χ4n) is 3.59. The van der Waals surface area contributed by atoms with E-state index in [2.05, 4.69) is 25.8 Å². The number of aryl methyl sites for hydroxylation is 1. The van der Waals surface area contributed by atoms with Crippen molar-refractivity contribution in [3.8, 4) is 0 Å². The number of amides is 1. The molecule has 1 aliphatic rings. The summed E-state index contributed by atoms with van der Waals surface area (Å²) >= 11 is 0. The molecule has 2 atom stereocenters. The van der Waals surface area contributed by atoms with Crippen LogP contribution >= 0.6 is 0 Å². The van der Waals surface area contributed by atoms with Gasteiger partial charge in [-0.25, -0.2) is 4.98 Å². The highest BCUT2D eigenvalue weighted by molar-refractivity contribution is 5.94. The zero-order valence-electron chi connectivity index (χ0n) is 15.2. The van der Waals surface area contributed by atoms with E-state index in [9.17, 15) is 9.90 Å². The third kappa shape index (κ3) is 3.70. The van der Waals surface area contributed by atoms with Crippen molar-refractivity contribution in [2.75, 3.05) is 13.1 Å². The Balaban J connectivity index is 1.38. The van der Waals surface area contributed by atoms with Gasteiger partial charge in [-0.2, -0.15) is 0 Å². The number of aromatic nitrogens is 3. The van der Waals surface area contributed by atoms with Gasteiger partial charge >= 0.3 is 0 Å². The first-order chi connectivity index (χ1) is 13.1. The lowest BCUT2D eigenvalue weighted by molar-refractivity contribution is 0.0338. The van der Waals surface area contributed by atoms with E-state index >= 15 is 0 Å². The first-order valence-electron chi connectivity index (χ1n) is 9.13. The van der Waals surface area contributed by atoms with Crippen LogP contribution in [0.3, 0.4) is 0 Å². The minimum atomic E-state index is -0.617. The van der Waals surface area contributed by atoms with Crippen LogP contribution in [0, 0.1) is 0 Å². The predicted octanol–water partition coefficient (Wildman–Crippen LogP) is 1.33. The summed E-state index contributed by atoms with van der Waals surface area (Å²) in [6.07, 6.45) is 3.24. The number of hydrogen-bond donors (Lipinski definition) is 2. The molecule has 1 amide bonds. The molecule has 7 nitrogen and oxygen atoms in total. The summed E-state index contributed by atoms with van der Waals surface area (Å²) in [4.78, 5) is 23.1. The Morgan fingerprint density at radius 2 is 2.15 bits per heavy atom. The Kier molecular flexibility index (Phi) is 4.87. The van der Waals surface area contributed by atoms with Gasteiger partial charge in [0.2, 0.25) is 0 Å². The Morgan fingerprint density at radius 1 is 1.30 bits per heavy atom. The van der Waals surface area contributed by atoms with Crippen LogP contribution in [-0.2, 0) is 13.6 Å². The minimum Gasteiger partial charge on any atom is -0.390 e. The second-order valence-corrected chi connectivity index (χ2v) is 6.99. The second kappa shape index (κ2) is 7.46. The number of β-amino-alcohol motifs (C(OH)–C–C–N with tert-alkyl or cyclic N) is 1. The van der Waals surface area contributed by atoms with Crippen LogP contribution in [0.25, 0.3) is 11.0 Å². The van der Waals surface area contributed by atoms with Crippen molar-refractivity contribution in [3.63, 3.8) is 0 Å². The fraction of sp³-hybridized carbons (Fsp3) is 0.350. The maximum atomic E-state index is 12.3. The molecule has 4 rings (SSSR count). The lowest BCUT2D eigenvalue weighted by atomic mass is 10.0. The number of likely N-dealkylation sites (tertiary alicyclic amines) is 1. The number of nitrogens with one attached hydrogen (secondary N) is 1. The molecular formula is C20H23N5O2. The molecule has 0 radical (unpaired) electrons. The number of para-hydroxylation sites is 2. The summed E-state index contributed by atoms with van der Waals surface area (Å²) in [6.45, 7) is 1.96. The topological polar surface area (TPSA) is 83.3 Å². The maximum Gasteiger partial charge on any atom is 0.253 e. The van der Waals surface area contributed by atoms with Crippen LogP contribution in [0.1, 0.15) is 22.6 Å². The number of hydrogen-bond acceptors (Lipinski definition) is 5. The number of pyridine rings is 1. The Labute approximate surface area is 157 Å². The van der Waals surface area contributed by atoms with Crippen LogP contribution in [0.2, 0.25) is 0 Å². The van der Waals surface area contributed by atoms with Crippen LogP contribution in [0.4, 0.5) is 0 Å². The van der Waals surface area contributed by atoms with Gasteiger partial charge in [0.15, 0.2) is 0 Å². The van der Waals surface area contributed by atoms with Crippen LogP contribution in [-0.4, -0.2) is 55.7 Å². The molecule has 3 aromatic rings. The summed E-state index contributed by atoms with van der Waals surface area (Å²) in [6, 6.07) is 11.2. The molecule has 0 unspecified atom stereocenters. The van der Waals surface area contributed by atoms with E-state index in [0.717, 1.165) is 23.4 Å². The van der Waals surface area contributed by atoms with Crippen LogP contribution in [0.15, 0.2) is 48.8 Å². The number of carbonyl (C=O) groups excluding carboxylic acids is 1. The number of carbonyl (C=O) groups is 1. The smallest absolute Gasteiger partial charge is 0.253 e. The van der Waals surface area contributed by atoms with Crippen molar-refractivity contribution in [2.24, 2.45) is 7.05 Å². The molecule has 27 heavy (non-hydrogen) atoms. The van der Waals surface area contributed by atoms with Crippen LogP contribution < -0.4 is 5.32 Å². The highest BCUT2D eigenvalue weighted by Crippen LogP contribution is 2.18. The number of fused-ring (bicyclic) bond motifs is 1. The molecule has 1 aliphatic heterocycles. The number of rotatable bonds is 4. The van der Waals surface area contributed by atoms with Crippen molar-refractivity contribution in [2.45, 2.75) is 25.1 Å². The molecule has 140 valence electrons. The molecule has 1 fully saturated rings. The molecule has 0 saturated carbocycles.